The molecule has 0 aromatic heterocycles. The first-order chi connectivity index (χ1) is 25.7. The van der Waals surface area contributed by atoms with E-state index in [1.807, 2.05) is 0 Å². The van der Waals surface area contributed by atoms with Gasteiger partial charge in [0.25, 0.3) is 5.69 Å². The van der Waals surface area contributed by atoms with Crippen LogP contribution in [0.15, 0.2) is 24.3 Å². The highest BCUT2D eigenvalue weighted by molar-refractivity contribution is 5.76. The Morgan fingerprint density at radius 3 is 2.20 bits per heavy atom. The van der Waals surface area contributed by atoms with Gasteiger partial charge in [-0.05, 0) is 44.7 Å². The maximum Gasteiger partial charge on any atom is 0.311 e. The van der Waals surface area contributed by atoms with Crippen molar-refractivity contribution in [2.45, 2.75) is 132 Å². The first-order valence-electron chi connectivity index (χ1n) is 18.0. The number of benzene rings is 1. The predicted molar refractivity (Wildman–Crippen MR) is 180 cm³/mol. The van der Waals surface area contributed by atoms with Gasteiger partial charge in [0.05, 0.1) is 42.6 Å². The van der Waals surface area contributed by atoms with E-state index in [0.717, 1.165) is 0 Å². The van der Waals surface area contributed by atoms with Crippen molar-refractivity contribution in [3.05, 3.63) is 34.4 Å². The minimum absolute atomic E-state index is 0.0333. The summed E-state index contributed by atoms with van der Waals surface area (Å²) in [5, 5.41) is 96.4. The van der Waals surface area contributed by atoms with E-state index in [4.69, 9.17) is 28.4 Å². The number of hydrogen-bond donors (Lipinski definition) is 9. The third-order valence-electron chi connectivity index (χ3n) is 9.69. The Hall–Kier alpha value is -2.96. The average Bonchev–Trinajstić information content (AvgIpc) is 3.14. The van der Waals surface area contributed by atoms with Gasteiger partial charge in [-0.15, -0.1) is 0 Å². The summed E-state index contributed by atoms with van der Waals surface area (Å²) >= 11 is 0. The summed E-state index contributed by atoms with van der Waals surface area (Å²) < 4.78 is 34.9. The minimum atomic E-state index is -1.68. The number of rotatable bonds is 18. The molecule has 1 amide bonds. The summed E-state index contributed by atoms with van der Waals surface area (Å²) in [4.78, 5) is 34.6. The Bertz CT molecular complexity index is 1330. The number of nitrogens with one attached hydrogen (secondary N) is 1. The largest absolute Gasteiger partial charge is 0.427 e. The van der Waals surface area contributed by atoms with Crippen LogP contribution in [0, 0.1) is 16.0 Å². The lowest BCUT2D eigenvalue weighted by Crippen LogP contribution is -2.65. The van der Waals surface area contributed by atoms with Crippen LogP contribution in [-0.4, -0.2) is 164 Å². The molecule has 14 atom stereocenters. The third kappa shape index (κ3) is 11.8. The molecule has 1 aromatic rings. The first-order valence-corrected chi connectivity index (χ1v) is 18.0. The monoisotopic (exact) mass is 776 g/mol. The molecule has 1 aliphatic carbocycles. The quantitative estimate of drug-likeness (QED) is 0.0250. The molecule has 306 valence electrons. The number of nitro groups is 1. The fourth-order valence-corrected chi connectivity index (χ4v) is 6.52. The number of amides is 1. The van der Waals surface area contributed by atoms with E-state index in [-0.39, 0.29) is 62.6 Å². The number of unbranched alkanes of at least 4 members (excludes halogenated alkanes) is 1. The summed E-state index contributed by atoms with van der Waals surface area (Å²) in [5.74, 6) is -1.53. The van der Waals surface area contributed by atoms with Crippen LogP contribution in [0.3, 0.4) is 0 Å². The number of nitrogens with zero attached hydrogens (tertiary/aromatic N) is 1. The molecule has 2 aliphatic heterocycles. The van der Waals surface area contributed by atoms with Crippen LogP contribution in [0.25, 0.3) is 0 Å². The fourth-order valence-electron chi connectivity index (χ4n) is 6.52. The molecular weight excluding hydrogens is 724 g/mol. The summed E-state index contributed by atoms with van der Waals surface area (Å²) in [5.41, 5.74) is -0.135. The number of esters is 1. The summed E-state index contributed by atoms with van der Waals surface area (Å²) in [7, 11) is 0. The number of nitro benzene ring substituents is 1. The topological polar surface area (TPSA) is 307 Å². The van der Waals surface area contributed by atoms with Crippen molar-refractivity contribution in [2.24, 2.45) is 5.92 Å². The molecule has 2 saturated heterocycles. The summed E-state index contributed by atoms with van der Waals surface area (Å²) in [6, 6.07) is 5.08. The van der Waals surface area contributed by atoms with Gasteiger partial charge in [0.15, 0.2) is 12.6 Å². The summed E-state index contributed by atoms with van der Waals surface area (Å²) in [6.07, 6.45) is -16.5. The molecule has 4 rings (SSSR count). The lowest BCUT2D eigenvalue weighted by Gasteiger charge is -2.48. The van der Waals surface area contributed by atoms with Crippen LogP contribution in [0.5, 0.6) is 5.75 Å². The van der Waals surface area contributed by atoms with Gasteiger partial charge in [-0.2, -0.15) is 0 Å². The number of carbonyl (C=O) groups excluding carboxylic acids is 2. The van der Waals surface area contributed by atoms with Crippen molar-refractivity contribution < 1.29 is 83.8 Å². The van der Waals surface area contributed by atoms with Crippen LogP contribution < -0.4 is 10.1 Å². The molecule has 3 aliphatic rings. The third-order valence-corrected chi connectivity index (χ3v) is 9.69. The molecule has 54 heavy (non-hydrogen) atoms. The number of ether oxygens (including phenoxy) is 6. The van der Waals surface area contributed by atoms with Gasteiger partial charge in [0, 0.05) is 50.5 Å². The van der Waals surface area contributed by atoms with Crippen molar-refractivity contribution in [1.82, 2.24) is 5.32 Å². The van der Waals surface area contributed by atoms with Crippen LogP contribution in [0.4, 0.5) is 5.69 Å². The van der Waals surface area contributed by atoms with Gasteiger partial charge in [0.2, 0.25) is 5.91 Å². The van der Waals surface area contributed by atoms with Gasteiger partial charge in [0.1, 0.15) is 48.5 Å². The number of hydrogen-bond acceptors (Lipinski definition) is 18. The highest BCUT2D eigenvalue weighted by atomic mass is 16.8. The predicted octanol–water partition coefficient (Wildman–Crippen LogP) is -2.25. The molecule has 2 heterocycles. The van der Waals surface area contributed by atoms with Crippen LogP contribution in [0.2, 0.25) is 0 Å². The molecule has 0 spiro atoms. The Morgan fingerprint density at radius 2 is 1.56 bits per heavy atom. The van der Waals surface area contributed by atoms with Gasteiger partial charge >= 0.3 is 5.97 Å². The van der Waals surface area contributed by atoms with Crippen molar-refractivity contribution in [3.8, 4) is 5.75 Å². The van der Waals surface area contributed by atoms with E-state index < -0.39 is 110 Å². The second-order valence-electron chi connectivity index (χ2n) is 13.7. The first kappa shape index (κ1) is 43.8. The minimum Gasteiger partial charge on any atom is -0.427 e. The molecule has 3 fully saturated rings. The summed E-state index contributed by atoms with van der Waals surface area (Å²) in [6.45, 7) is 0.445. The maximum absolute atomic E-state index is 12.4. The molecular formula is C34H52N2O18. The van der Waals surface area contributed by atoms with Crippen molar-refractivity contribution in [2.75, 3.05) is 26.4 Å². The smallest absolute Gasteiger partial charge is 0.311 e. The van der Waals surface area contributed by atoms with E-state index in [1.54, 1.807) is 0 Å². The van der Waals surface area contributed by atoms with Gasteiger partial charge < -0.3 is 74.6 Å². The maximum atomic E-state index is 12.4. The number of non-ortho nitro benzene ring substituents is 1. The Balaban J connectivity index is 1.29. The van der Waals surface area contributed by atoms with Crippen molar-refractivity contribution >= 4 is 17.6 Å². The van der Waals surface area contributed by atoms with E-state index in [1.165, 1.54) is 31.2 Å². The SMILES string of the molecule is CC1O[C@@H](O[C@H]2C(O[C@H]3CC(CO)[C@H](O)[C@H](O)C3O)[C@@H](O)C(CO)O[C@H]2OCCCNC(=O)CCCCC(=O)Oc2ccc([N+](=O)[O-])cc2)C[C@@H](O)[C@@H]1O. The van der Waals surface area contributed by atoms with Crippen LogP contribution >= 0.6 is 0 Å². The van der Waals surface area contributed by atoms with Gasteiger partial charge in [-0.25, -0.2) is 0 Å². The second kappa shape index (κ2) is 20.8. The van der Waals surface area contributed by atoms with Crippen LogP contribution in [0.1, 0.15) is 51.9 Å². The number of carbonyl (C=O) groups is 2. The lowest BCUT2D eigenvalue weighted by molar-refractivity contribution is -0.384. The fraction of sp³-hybridized carbons (Fsp3) is 0.765. The highest BCUT2D eigenvalue weighted by Crippen LogP contribution is 2.35. The van der Waals surface area contributed by atoms with Crippen molar-refractivity contribution in [3.63, 3.8) is 0 Å². The Kier molecular flexibility index (Phi) is 16.9. The standard InChI is InChI=1S/C34H52N2O18/c1-17-27(42)21(39)14-26(50-17)54-33-32(52-22-13-18(15-37)28(43)31(46)29(22)44)30(45)23(16-38)53-34(33)49-12-4-11-35-24(40)5-2-3-6-25(41)51-20-9-7-19(8-10-20)36(47)48/h7-10,17-18,21-23,26-34,37-39,42-46H,2-6,11-16H2,1H3,(H,35,40)/t17?,18?,21-,22+,23?,26+,27-,28+,29?,30+,31+,32?,33+,34-/m1/s1. The molecule has 0 bridgehead atoms. The molecule has 20 heteroatoms. The average molecular weight is 777 g/mol. The number of aliphatic hydroxyl groups is 8. The van der Waals surface area contributed by atoms with Crippen molar-refractivity contribution in [1.29, 1.82) is 0 Å². The lowest BCUT2D eigenvalue weighted by atomic mass is 9.81. The molecule has 9 N–H and O–H groups in total. The highest BCUT2D eigenvalue weighted by Gasteiger charge is 2.52. The Labute approximate surface area is 310 Å². The van der Waals surface area contributed by atoms with Crippen LogP contribution in [-0.2, 0) is 33.3 Å². The zero-order valence-electron chi connectivity index (χ0n) is 29.8. The zero-order chi connectivity index (χ0) is 39.5. The van der Waals surface area contributed by atoms with E-state index in [9.17, 15) is 60.6 Å². The molecule has 0 radical (unpaired) electrons. The molecule has 5 unspecified atom stereocenters. The molecule has 1 aromatic carbocycles. The normalized spacial score (nSPS) is 35.6. The molecule has 20 nitrogen and oxygen atoms in total. The zero-order valence-corrected chi connectivity index (χ0v) is 29.8. The van der Waals surface area contributed by atoms with E-state index in [0.29, 0.717) is 12.8 Å². The second-order valence-corrected chi connectivity index (χ2v) is 13.7. The van der Waals surface area contributed by atoms with E-state index in [2.05, 4.69) is 5.32 Å². The van der Waals surface area contributed by atoms with Gasteiger partial charge in [-0.3, -0.25) is 19.7 Å². The Morgan fingerprint density at radius 1 is 0.852 bits per heavy atom. The van der Waals surface area contributed by atoms with Gasteiger partial charge in [-0.1, -0.05) is 0 Å². The number of aliphatic hydroxyl groups excluding tert-OH is 8. The van der Waals surface area contributed by atoms with E-state index >= 15 is 0 Å². The molecule has 1 saturated carbocycles.